The number of hydrogen-bond acceptors (Lipinski definition) is 7. The minimum Gasteiger partial charge on any atom is -0.506 e. The largest absolute Gasteiger partial charge is 0.506 e. The summed E-state index contributed by atoms with van der Waals surface area (Å²) in [6, 6.07) is 18.5. The molecule has 0 radical (unpaired) electrons. The Kier molecular flexibility index (Phi) is 5.96. The zero-order valence-corrected chi connectivity index (χ0v) is 19.1. The average Bonchev–Trinajstić information content (AvgIpc) is 2.83. The Labute approximate surface area is 193 Å². The highest BCUT2D eigenvalue weighted by Gasteiger charge is 2.22. The van der Waals surface area contributed by atoms with Gasteiger partial charge in [-0.25, -0.2) is 9.97 Å². The van der Waals surface area contributed by atoms with Gasteiger partial charge in [-0.05, 0) is 49.9 Å². The maximum atomic E-state index is 10.1. The Hall–Kier alpha value is -3.45. The van der Waals surface area contributed by atoms with E-state index in [4.69, 9.17) is 9.97 Å². The summed E-state index contributed by atoms with van der Waals surface area (Å²) < 4.78 is 0. The third-order valence-corrected chi connectivity index (χ3v) is 6.40. The van der Waals surface area contributed by atoms with Crippen molar-refractivity contribution in [1.82, 2.24) is 20.3 Å². The summed E-state index contributed by atoms with van der Waals surface area (Å²) in [6.45, 7) is 0.701. The number of hydrogen-bond donors (Lipinski definition) is 3. The summed E-state index contributed by atoms with van der Waals surface area (Å²) in [5, 5.41) is 19.3. The summed E-state index contributed by atoms with van der Waals surface area (Å²) in [7, 11) is 4.03. The standard InChI is InChI=1S/C26H30N6O/c1-32(2)25-21-7-3-4-8-22(21)30-26(31-25)29-19-14-12-18(13-15-19)27-16-20-11-10-17-6-5-9-23(33)24(17)28-20/h3-11,18-19,27,33H,12-16H2,1-2H3,(H,29,30,31). The fourth-order valence-corrected chi connectivity index (χ4v) is 4.61. The molecule has 0 bridgehead atoms. The van der Waals surface area contributed by atoms with E-state index in [2.05, 4.69) is 21.7 Å². The molecular formula is C26H30N6O. The zero-order valence-electron chi connectivity index (χ0n) is 19.1. The van der Waals surface area contributed by atoms with Gasteiger partial charge in [0.25, 0.3) is 0 Å². The Morgan fingerprint density at radius 1 is 0.879 bits per heavy atom. The van der Waals surface area contributed by atoms with Crippen LogP contribution in [0.4, 0.5) is 11.8 Å². The van der Waals surface area contributed by atoms with E-state index >= 15 is 0 Å². The van der Waals surface area contributed by atoms with Gasteiger partial charge in [-0.2, -0.15) is 4.98 Å². The van der Waals surface area contributed by atoms with Crippen molar-refractivity contribution in [3.63, 3.8) is 0 Å². The molecule has 2 aromatic heterocycles. The minimum atomic E-state index is 0.231. The number of benzene rings is 2. The first-order chi connectivity index (χ1) is 16.1. The Morgan fingerprint density at radius 3 is 2.48 bits per heavy atom. The fourth-order valence-electron chi connectivity index (χ4n) is 4.61. The lowest BCUT2D eigenvalue weighted by molar-refractivity contribution is 0.351. The normalized spacial score (nSPS) is 18.5. The van der Waals surface area contributed by atoms with Crippen LogP contribution < -0.4 is 15.5 Å². The summed E-state index contributed by atoms with van der Waals surface area (Å²) in [5.74, 6) is 1.87. The summed E-state index contributed by atoms with van der Waals surface area (Å²) in [6.07, 6.45) is 4.31. The summed E-state index contributed by atoms with van der Waals surface area (Å²) in [5.41, 5.74) is 2.57. The third kappa shape index (κ3) is 4.68. The van der Waals surface area contributed by atoms with E-state index in [1.807, 2.05) is 61.5 Å². The van der Waals surface area contributed by atoms with Gasteiger partial charge in [0.2, 0.25) is 5.95 Å². The highest BCUT2D eigenvalue weighted by atomic mass is 16.3. The number of nitrogens with one attached hydrogen (secondary N) is 2. The van der Waals surface area contributed by atoms with Gasteiger partial charge < -0.3 is 20.6 Å². The van der Waals surface area contributed by atoms with Gasteiger partial charge in [0.05, 0.1) is 11.2 Å². The number of rotatable bonds is 6. The van der Waals surface area contributed by atoms with Crippen molar-refractivity contribution in [1.29, 1.82) is 0 Å². The first kappa shape index (κ1) is 21.4. The van der Waals surface area contributed by atoms with Crippen LogP contribution in [-0.2, 0) is 6.54 Å². The number of fused-ring (bicyclic) bond motifs is 2. The second-order valence-electron chi connectivity index (χ2n) is 9.01. The molecule has 1 fully saturated rings. The van der Waals surface area contributed by atoms with Crippen LogP contribution >= 0.6 is 0 Å². The molecule has 0 amide bonds. The molecule has 7 heteroatoms. The molecule has 2 aromatic carbocycles. The van der Waals surface area contributed by atoms with Crippen LogP contribution in [0.2, 0.25) is 0 Å². The molecule has 1 aliphatic carbocycles. The van der Waals surface area contributed by atoms with Crippen LogP contribution in [-0.4, -0.2) is 46.2 Å². The first-order valence-corrected chi connectivity index (χ1v) is 11.6. The molecule has 33 heavy (non-hydrogen) atoms. The van der Waals surface area contributed by atoms with Gasteiger partial charge in [-0.1, -0.05) is 30.3 Å². The molecule has 7 nitrogen and oxygen atoms in total. The highest BCUT2D eigenvalue weighted by molar-refractivity contribution is 5.90. The van der Waals surface area contributed by atoms with Gasteiger partial charge in [0.15, 0.2) is 0 Å². The number of phenolic OH excluding ortho intramolecular Hbond substituents is 1. The van der Waals surface area contributed by atoms with E-state index in [0.717, 1.165) is 53.5 Å². The van der Waals surface area contributed by atoms with E-state index < -0.39 is 0 Å². The number of aromatic nitrogens is 3. The van der Waals surface area contributed by atoms with Crippen molar-refractivity contribution < 1.29 is 5.11 Å². The van der Waals surface area contributed by atoms with Crippen LogP contribution in [0.3, 0.4) is 0 Å². The number of pyridine rings is 1. The molecule has 4 aromatic rings. The van der Waals surface area contributed by atoms with E-state index in [9.17, 15) is 5.11 Å². The molecule has 0 aliphatic heterocycles. The van der Waals surface area contributed by atoms with Crippen LogP contribution in [0.15, 0.2) is 54.6 Å². The molecule has 3 N–H and O–H groups in total. The summed E-state index contributed by atoms with van der Waals surface area (Å²) in [4.78, 5) is 16.2. The second-order valence-corrected chi connectivity index (χ2v) is 9.01. The van der Waals surface area contributed by atoms with Crippen molar-refractivity contribution in [3.8, 4) is 5.75 Å². The molecule has 5 rings (SSSR count). The van der Waals surface area contributed by atoms with E-state index in [1.54, 1.807) is 6.07 Å². The first-order valence-electron chi connectivity index (χ1n) is 11.6. The van der Waals surface area contributed by atoms with Crippen LogP contribution in [0.5, 0.6) is 5.75 Å². The van der Waals surface area contributed by atoms with Gasteiger partial charge in [0, 0.05) is 43.5 Å². The highest BCUT2D eigenvalue weighted by Crippen LogP contribution is 2.27. The van der Waals surface area contributed by atoms with Crippen molar-refractivity contribution in [2.75, 3.05) is 24.3 Å². The number of phenols is 1. The fraction of sp³-hybridized carbons (Fsp3) is 0.346. The second kappa shape index (κ2) is 9.19. The maximum Gasteiger partial charge on any atom is 0.225 e. The maximum absolute atomic E-state index is 10.1. The van der Waals surface area contributed by atoms with Gasteiger partial charge >= 0.3 is 0 Å². The van der Waals surface area contributed by atoms with Crippen molar-refractivity contribution >= 4 is 33.6 Å². The van der Waals surface area contributed by atoms with Gasteiger partial charge in [-0.15, -0.1) is 0 Å². The Bertz CT molecular complexity index is 1270. The lowest BCUT2D eigenvalue weighted by Crippen LogP contribution is -2.37. The SMILES string of the molecule is CN(C)c1nc(NC2CCC(NCc3ccc4cccc(O)c4n3)CC2)nc2ccccc12. The van der Waals surface area contributed by atoms with Crippen molar-refractivity contribution in [3.05, 3.63) is 60.3 Å². The quantitative estimate of drug-likeness (QED) is 0.406. The van der Waals surface area contributed by atoms with E-state index in [1.165, 1.54) is 0 Å². The average molecular weight is 443 g/mol. The molecule has 0 unspecified atom stereocenters. The number of nitrogens with zero attached hydrogens (tertiary/aromatic N) is 4. The van der Waals surface area contributed by atoms with E-state index in [-0.39, 0.29) is 5.75 Å². The molecular weight excluding hydrogens is 412 g/mol. The lowest BCUT2D eigenvalue weighted by Gasteiger charge is -2.30. The Morgan fingerprint density at radius 2 is 1.67 bits per heavy atom. The third-order valence-electron chi connectivity index (χ3n) is 6.40. The Balaban J connectivity index is 1.18. The predicted octanol–water partition coefficient (Wildman–Crippen LogP) is 4.46. The molecule has 1 saturated carbocycles. The number of para-hydroxylation sites is 2. The van der Waals surface area contributed by atoms with Gasteiger partial charge in [0.1, 0.15) is 17.1 Å². The predicted molar refractivity (Wildman–Crippen MR) is 134 cm³/mol. The van der Waals surface area contributed by atoms with Crippen molar-refractivity contribution in [2.24, 2.45) is 0 Å². The van der Waals surface area contributed by atoms with Crippen LogP contribution in [0, 0.1) is 0 Å². The minimum absolute atomic E-state index is 0.231. The lowest BCUT2D eigenvalue weighted by atomic mass is 9.91. The number of anilines is 2. The van der Waals surface area contributed by atoms with E-state index in [0.29, 0.717) is 30.1 Å². The molecule has 0 spiro atoms. The van der Waals surface area contributed by atoms with Crippen LogP contribution in [0.1, 0.15) is 31.4 Å². The summed E-state index contributed by atoms with van der Waals surface area (Å²) >= 11 is 0. The molecule has 0 atom stereocenters. The van der Waals surface area contributed by atoms with Crippen LogP contribution in [0.25, 0.3) is 21.8 Å². The zero-order chi connectivity index (χ0) is 22.8. The van der Waals surface area contributed by atoms with Crippen molar-refractivity contribution in [2.45, 2.75) is 44.3 Å². The molecule has 170 valence electrons. The monoisotopic (exact) mass is 442 g/mol. The van der Waals surface area contributed by atoms with Gasteiger partial charge in [-0.3, -0.25) is 0 Å². The number of aromatic hydroxyl groups is 1. The molecule has 2 heterocycles. The smallest absolute Gasteiger partial charge is 0.225 e. The topological polar surface area (TPSA) is 86.2 Å². The molecule has 1 aliphatic rings. The molecule has 0 saturated heterocycles.